The molecule has 1 aliphatic heterocycles. The SMILES string of the molecule is CCC1CN(C)CCCN1C(=O)c1ccc(Br)o1. The molecular weight excluding hydrogens is 296 g/mol. The third-order valence-electron chi connectivity index (χ3n) is 3.42. The van der Waals surface area contributed by atoms with Crippen molar-refractivity contribution in [3.8, 4) is 0 Å². The summed E-state index contributed by atoms with van der Waals surface area (Å²) in [6.07, 6.45) is 1.98. The molecule has 1 unspecified atom stereocenters. The van der Waals surface area contributed by atoms with Crippen LogP contribution in [-0.2, 0) is 0 Å². The first-order chi connectivity index (χ1) is 8.61. The first kappa shape index (κ1) is 13.6. The molecule has 5 heteroatoms. The van der Waals surface area contributed by atoms with Gasteiger partial charge in [0.05, 0.1) is 0 Å². The number of nitrogens with zero attached hydrogens (tertiary/aromatic N) is 2. The fourth-order valence-electron chi connectivity index (χ4n) is 2.43. The fourth-order valence-corrected chi connectivity index (χ4v) is 2.74. The summed E-state index contributed by atoms with van der Waals surface area (Å²) in [5, 5.41) is 0. The topological polar surface area (TPSA) is 36.7 Å². The van der Waals surface area contributed by atoms with Gasteiger partial charge in [0.1, 0.15) is 0 Å². The van der Waals surface area contributed by atoms with Crippen LogP contribution in [0.1, 0.15) is 30.3 Å². The predicted molar refractivity (Wildman–Crippen MR) is 73.6 cm³/mol. The van der Waals surface area contributed by atoms with Crippen LogP contribution in [0.15, 0.2) is 21.2 Å². The Hall–Kier alpha value is -0.810. The first-order valence-corrected chi connectivity index (χ1v) is 7.16. The molecule has 1 aromatic rings. The van der Waals surface area contributed by atoms with E-state index in [2.05, 4.69) is 34.8 Å². The van der Waals surface area contributed by atoms with Crippen LogP contribution in [0.5, 0.6) is 0 Å². The van der Waals surface area contributed by atoms with E-state index < -0.39 is 0 Å². The van der Waals surface area contributed by atoms with Crippen molar-refractivity contribution in [1.82, 2.24) is 9.80 Å². The minimum Gasteiger partial charge on any atom is -0.444 e. The zero-order valence-corrected chi connectivity index (χ0v) is 12.4. The van der Waals surface area contributed by atoms with Crippen LogP contribution in [0.3, 0.4) is 0 Å². The molecule has 1 aliphatic rings. The predicted octanol–water partition coefficient (Wildman–Crippen LogP) is 2.60. The zero-order valence-electron chi connectivity index (χ0n) is 10.9. The molecule has 1 atom stereocenters. The molecule has 0 aromatic carbocycles. The maximum Gasteiger partial charge on any atom is 0.289 e. The summed E-state index contributed by atoms with van der Waals surface area (Å²) in [6.45, 7) is 4.91. The molecule has 1 saturated heterocycles. The number of rotatable bonds is 2. The van der Waals surface area contributed by atoms with Gasteiger partial charge in [-0.15, -0.1) is 0 Å². The van der Waals surface area contributed by atoms with Crippen molar-refractivity contribution in [3.63, 3.8) is 0 Å². The standard InChI is InChI=1S/C13H19BrN2O2/c1-3-10-9-15(2)7-4-8-16(10)13(17)11-5-6-12(14)18-11/h5-6,10H,3-4,7-9H2,1-2H3. The summed E-state index contributed by atoms with van der Waals surface area (Å²) >= 11 is 3.24. The molecule has 1 fully saturated rings. The van der Waals surface area contributed by atoms with Crippen molar-refractivity contribution in [2.24, 2.45) is 0 Å². The van der Waals surface area contributed by atoms with Gasteiger partial charge in [0.2, 0.25) is 0 Å². The first-order valence-electron chi connectivity index (χ1n) is 6.36. The molecule has 0 saturated carbocycles. The molecule has 0 aliphatic carbocycles. The van der Waals surface area contributed by atoms with Crippen molar-refractivity contribution < 1.29 is 9.21 Å². The van der Waals surface area contributed by atoms with Gasteiger partial charge in [-0.3, -0.25) is 4.79 Å². The zero-order chi connectivity index (χ0) is 13.1. The number of furan rings is 1. The molecule has 0 N–H and O–H groups in total. The molecule has 0 spiro atoms. The van der Waals surface area contributed by atoms with E-state index >= 15 is 0 Å². The van der Waals surface area contributed by atoms with E-state index in [1.165, 1.54) is 0 Å². The average molecular weight is 315 g/mol. The van der Waals surface area contributed by atoms with Gasteiger partial charge in [-0.1, -0.05) is 6.92 Å². The van der Waals surface area contributed by atoms with Crippen LogP contribution in [0.2, 0.25) is 0 Å². The lowest BCUT2D eigenvalue weighted by Crippen LogP contribution is -2.43. The Balaban J connectivity index is 2.16. The molecule has 2 heterocycles. The lowest BCUT2D eigenvalue weighted by Gasteiger charge is -2.29. The van der Waals surface area contributed by atoms with Gasteiger partial charge in [0.25, 0.3) is 5.91 Å². The van der Waals surface area contributed by atoms with E-state index in [1.54, 1.807) is 12.1 Å². The van der Waals surface area contributed by atoms with Crippen molar-refractivity contribution in [3.05, 3.63) is 22.6 Å². The number of hydrogen-bond donors (Lipinski definition) is 0. The Kier molecular flexibility index (Phi) is 4.45. The highest BCUT2D eigenvalue weighted by molar-refractivity contribution is 9.10. The number of hydrogen-bond acceptors (Lipinski definition) is 3. The number of carbonyl (C=O) groups excluding carboxylic acids is 1. The van der Waals surface area contributed by atoms with Crippen LogP contribution >= 0.6 is 15.9 Å². The molecule has 18 heavy (non-hydrogen) atoms. The van der Waals surface area contributed by atoms with E-state index in [0.717, 1.165) is 32.5 Å². The highest BCUT2D eigenvalue weighted by Gasteiger charge is 2.28. The van der Waals surface area contributed by atoms with Gasteiger partial charge in [-0.05, 0) is 54.5 Å². The van der Waals surface area contributed by atoms with E-state index in [4.69, 9.17) is 4.42 Å². The smallest absolute Gasteiger partial charge is 0.289 e. The van der Waals surface area contributed by atoms with Gasteiger partial charge in [-0.25, -0.2) is 0 Å². The van der Waals surface area contributed by atoms with Crippen LogP contribution in [0.25, 0.3) is 0 Å². The van der Waals surface area contributed by atoms with Crippen LogP contribution in [0.4, 0.5) is 0 Å². The van der Waals surface area contributed by atoms with Crippen LogP contribution < -0.4 is 0 Å². The molecule has 1 amide bonds. The molecule has 0 radical (unpaired) electrons. The maximum atomic E-state index is 12.4. The Morgan fingerprint density at radius 1 is 1.50 bits per heavy atom. The summed E-state index contributed by atoms with van der Waals surface area (Å²) in [5.74, 6) is 0.424. The minimum atomic E-state index is 0.00264. The molecule has 100 valence electrons. The summed E-state index contributed by atoms with van der Waals surface area (Å²) in [7, 11) is 2.11. The molecular formula is C13H19BrN2O2. The van der Waals surface area contributed by atoms with E-state index in [1.807, 2.05) is 4.90 Å². The van der Waals surface area contributed by atoms with Crippen molar-refractivity contribution >= 4 is 21.8 Å². The highest BCUT2D eigenvalue weighted by atomic mass is 79.9. The Morgan fingerprint density at radius 2 is 2.28 bits per heavy atom. The lowest BCUT2D eigenvalue weighted by atomic mass is 10.1. The summed E-state index contributed by atoms with van der Waals surface area (Å²) in [4.78, 5) is 16.7. The molecule has 1 aromatic heterocycles. The normalized spacial score (nSPS) is 21.9. The molecule has 2 rings (SSSR count). The number of likely N-dealkylation sites (N-methyl/N-ethyl adjacent to an activating group) is 1. The Bertz CT molecular complexity index is 419. The molecule has 4 nitrogen and oxygen atoms in total. The average Bonchev–Trinajstić information content (AvgIpc) is 2.68. The summed E-state index contributed by atoms with van der Waals surface area (Å²) < 4.78 is 5.97. The van der Waals surface area contributed by atoms with Gasteiger partial charge in [-0.2, -0.15) is 0 Å². The van der Waals surface area contributed by atoms with Gasteiger partial charge < -0.3 is 14.2 Å². The Labute approximate surface area is 116 Å². The fraction of sp³-hybridized carbons (Fsp3) is 0.615. The third kappa shape index (κ3) is 2.95. The number of halogens is 1. The largest absolute Gasteiger partial charge is 0.444 e. The number of carbonyl (C=O) groups is 1. The second kappa shape index (κ2) is 5.89. The summed E-state index contributed by atoms with van der Waals surface area (Å²) in [6, 6.07) is 3.76. The Morgan fingerprint density at radius 3 is 2.89 bits per heavy atom. The lowest BCUT2D eigenvalue weighted by molar-refractivity contribution is 0.0642. The van der Waals surface area contributed by atoms with Gasteiger partial charge in [0, 0.05) is 19.1 Å². The van der Waals surface area contributed by atoms with E-state index in [-0.39, 0.29) is 11.9 Å². The third-order valence-corrected chi connectivity index (χ3v) is 3.84. The van der Waals surface area contributed by atoms with Gasteiger partial charge in [0.15, 0.2) is 10.4 Å². The van der Waals surface area contributed by atoms with Crippen LogP contribution in [-0.4, -0.2) is 48.4 Å². The minimum absolute atomic E-state index is 0.00264. The molecule has 0 bridgehead atoms. The quantitative estimate of drug-likeness (QED) is 0.842. The van der Waals surface area contributed by atoms with Crippen molar-refractivity contribution in [2.75, 3.05) is 26.7 Å². The number of amides is 1. The van der Waals surface area contributed by atoms with Crippen LogP contribution in [0, 0.1) is 0 Å². The van der Waals surface area contributed by atoms with Crippen molar-refractivity contribution in [1.29, 1.82) is 0 Å². The maximum absolute atomic E-state index is 12.4. The van der Waals surface area contributed by atoms with Crippen molar-refractivity contribution in [2.45, 2.75) is 25.8 Å². The van der Waals surface area contributed by atoms with E-state index in [0.29, 0.717) is 10.4 Å². The van der Waals surface area contributed by atoms with Gasteiger partial charge >= 0.3 is 0 Å². The monoisotopic (exact) mass is 314 g/mol. The van der Waals surface area contributed by atoms with E-state index in [9.17, 15) is 4.79 Å². The summed E-state index contributed by atoms with van der Waals surface area (Å²) in [5.41, 5.74) is 0. The highest BCUT2D eigenvalue weighted by Crippen LogP contribution is 2.19. The second-order valence-electron chi connectivity index (χ2n) is 4.78. The second-order valence-corrected chi connectivity index (χ2v) is 5.56.